The maximum atomic E-state index is 13.5. The first-order chi connectivity index (χ1) is 21.7. The second-order valence-electron chi connectivity index (χ2n) is 8.54. The third-order valence-electron chi connectivity index (χ3n) is 5.21. The molecule has 0 unspecified atom stereocenters. The van der Waals surface area contributed by atoms with E-state index in [1.807, 2.05) is 0 Å². The summed E-state index contributed by atoms with van der Waals surface area (Å²) in [7, 11) is 0. The van der Waals surface area contributed by atoms with Crippen molar-refractivity contribution in [3.8, 4) is 17.7 Å². The molecular weight excluding hydrogens is 613 g/mol. The number of ether oxygens (including phenoxy) is 5. The van der Waals surface area contributed by atoms with Gasteiger partial charge in [0, 0.05) is 31.8 Å². The minimum Gasteiger partial charge on any atom is -0.420 e. The van der Waals surface area contributed by atoms with Crippen molar-refractivity contribution in [1.82, 2.24) is 10.6 Å². The van der Waals surface area contributed by atoms with Crippen molar-refractivity contribution in [1.29, 1.82) is 0 Å². The van der Waals surface area contributed by atoms with E-state index in [0.29, 0.717) is 45.0 Å². The third kappa shape index (κ3) is 17.1. The Hall–Kier alpha value is -4.11. The Balaban J connectivity index is 1.97. The lowest BCUT2D eigenvalue weighted by Crippen LogP contribution is -2.33. The molecule has 45 heavy (non-hydrogen) atoms. The van der Waals surface area contributed by atoms with E-state index in [2.05, 4.69) is 44.0 Å². The number of halogens is 5. The van der Waals surface area contributed by atoms with Crippen LogP contribution in [-0.2, 0) is 23.7 Å². The number of benzene rings is 1. The highest BCUT2D eigenvalue weighted by atomic mass is 19.2. The number of esters is 1. The number of hydrazone groups is 1. The monoisotopic (exact) mass is 649 g/mol. The fourth-order valence-corrected chi connectivity index (χ4v) is 2.98. The molecule has 1 rings (SSSR count). The maximum absolute atomic E-state index is 13.5. The van der Waals surface area contributed by atoms with Crippen LogP contribution in [0.1, 0.15) is 25.7 Å². The molecule has 12 nitrogen and oxygen atoms in total. The van der Waals surface area contributed by atoms with Crippen LogP contribution in [0, 0.1) is 41.1 Å². The smallest absolute Gasteiger partial charge is 0.326 e. The van der Waals surface area contributed by atoms with E-state index in [4.69, 9.17) is 24.8 Å². The molecule has 0 aromatic heterocycles. The Bertz CT molecular complexity index is 1180. The molecule has 0 heterocycles. The van der Waals surface area contributed by atoms with Crippen molar-refractivity contribution in [3.63, 3.8) is 0 Å². The average molecular weight is 650 g/mol. The fraction of sp³-hybridized carbons (Fsp3) is 0.500. The van der Waals surface area contributed by atoms with Gasteiger partial charge in [-0.3, -0.25) is 15.1 Å². The van der Waals surface area contributed by atoms with Crippen molar-refractivity contribution in [2.75, 3.05) is 65.9 Å². The van der Waals surface area contributed by atoms with Crippen LogP contribution in [0.25, 0.3) is 0 Å². The zero-order chi connectivity index (χ0) is 33.3. The topological polar surface area (TPSA) is 155 Å². The molecule has 4 N–H and O–H groups in total. The van der Waals surface area contributed by atoms with Crippen LogP contribution in [0.2, 0.25) is 0 Å². The number of rotatable bonds is 22. The van der Waals surface area contributed by atoms with Gasteiger partial charge < -0.3 is 34.8 Å². The number of nitrogens with zero attached hydrogens (tertiary/aromatic N) is 2. The normalized spacial score (nSPS) is 11.3. The third-order valence-corrected chi connectivity index (χ3v) is 5.21. The Morgan fingerprint density at radius 2 is 1.33 bits per heavy atom. The summed E-state index contributed by atoms with van der Waals surface area (Å²) in [6.45, 7) is 5.97. The van der Waals surface area contributed by atoms with E-state index in [-0.39, 0.29) is 39.1 Å². The molecule has 250 valence electrons. The number of nitrogens with two attached hydrogens (primary N) is 1. The molecule has 0 bridgehead atoms. The second kappa shape index (κ2) is 24.2. The number of hydrogen-bond acceptors (Lipinski definition) is 10. The number of aliphatic imine (C=N–C) groups is 1. The summed E-state index contributed by atoms with van der Waals surface area (Å²) in [5, 5.41) is 8.69. The van der Waals surface area contributed by atoms with Gasteiger partial charge in [0.2, 0.25) is 34.8 Å². The average Bonchev–Trinajstić information content (AvgIpc) is 3.03. The van der Waals surface area contributed by atoms with Crippen molar-refractivity contribution in [2.45, 2.75) is 25.7 Å². The van der Waals surface area contributed by atoms with Gasteiger partial charge in [-0.2, -0.15) is 13.9 Å². The van der Waals surface area contributed by atoms with E-state index in [1.54, 1.807) is 6.21 Å². The van der Waals surface area contributed by atoms with Crippen molar-refractivity contribution >= 4 is 23.9 Å². The predicted octanol–water partition coefficient (Wildman–Crippen LogP) is 2.75. The summed E-state index contributed by atoms with van der Waals surface area (Å²) < 4.78 is 91.8. The van der Waals surface area contributed by atoms with Gasteiger partial charge in [-0.05, 0) is 18.9 Å². The van der Waals surface area contributed by atoms with Crippen LogP contribution in [0.3, 0.4) is 0 Å². The van der Waals surface area contributed by atoms with Gasteiger partial charge in [0.1, 0.15) is 0 Å². The second-order valence-corrected chi connectivity index (χ2v) is 8.54. The zero-order valence-corrected chi connectivity index (χ0v) is 24.5. The fourth-order valence-electron chi connectivity index (χ4n) is 2.98. The van der Waals surface area contributed by atoms with Crippen molar-refractivity contribution in [2.24, 2.45) is 15.9 Å². The summed E-state index contributed by atoms with van der Waals surface area (Å²) in [5.74, 6) is -6.31. The van der Waals surface area contributed by atoms with Crippen LogP contribution in [-0.4, -0.2) is 89.9 Å². The van der Waals surface area contributed by atoms with Crippen LogP contribution >= 0.6 is 0 Å². The van der Waals surface area contributed by atoms with Gasteiger partial charge in [-0.1, -0.05) is 12.5 Å². The van der Waals surface area contributed by atoms with Crippen molar-refractivity contribution < 1.29 is 55.2 Å². The first-order valence-corrected chi connectivity index (χ1v) is 13.7. The number of urea groups is 1. The number of nitrogens with one attached hydrogen (secondary N) is 2. The molecule has 1 aromatic rings. The van der Waals surface area contributed by atoms with Crippen LogP contribution in [0.4, 0.5) is 26.7 Å². The predicted molar refractivity (Wildman–Crippen MR) is 153 cm³/mol. The van der Waals surface area contributed by atoms with Gasteiger partial charge in [-0.15, -0.1) is 0 Å². The molecule has 0 aliphatic rings. The summed E-state index contributed by atoms with van der Waals surface area (Å²) in [6.07, 6.45) is 4.41. The van der Waals surface area contributed by atoms with E-state index in [9.17, 15) is 31.5 Å². The first-order valence-electron chi connectivity index (χ1n) is 13.7. The summed E-state index contributed by atoms with van der Waals surface area (Å²) >= 11 is 0. The van der Waals surface area contributed by atoms with Gasteiger partial charge in [-0.25, -0.2) is 18.0 Å². The molecule has 0 aliphatic heterocycles. The van der Waals surface area contributed by atoms with Crippen molar-refractivity contribution in [3.05, 3.63) is 41.7 Å². The lowest BCUT2D eigenvalue weighted by atomic mass is 10.2. The Labute approximate surface area is 257 Å². The van der Waals surface area contributed by atoms with E-state index in [1.165, 1.54) is 6.08 Å². The van der Waals surface area contributed by atoms with E-state index < -0.39 is 47.2 Å². The Morgan fingerprint density at radius 1 is 0.800 bits per heavy atom. The zero-order valence-electron chi connectivity index (χ0n) is 24.5. The number of carbonyl (C=O) groups is 2. The quantitative estimate of drug-likeness (QED) is 0.0148. The van der Waals surface area contributed by atoms with E-state index >= 15 is 0 Å². The standard InChI is InChI=1S/C28H36F5N5O7/c1-2-3-9-36-28(40)37-10-5-4-8-35-19-20(38-34)6-11-41-13-15-43-17-18-44-16-14-42-12-7-21(39)45-27-25(32)23(30)22(29)24(31)26(27)33/h2,19H,1,4-8,10-18,34H2,(H2,36,37,40)/b35-19?,38-20-. The summed E-state index contributed by atoms with van der Waals surface area (Å²) in [5.41, 5.74) is 0.572. The molecule has 0 saturated heterocycles. The molecule has 0 aliphatic carbocycles. The SMILES string of the molecule is C=CC#CNC(=O)NCCCCN=C/C(CCOCCOCCOCCOCCC(=O)Oc1c(F)c(F)c(F)c(F)c1F)=N\N. The molecule has 0 atom stereocenters. The Kier molecular flexibility index (Phi) is 21.0. The molecular formula is C28H36F5N5O7. The highest BCUT2D eigenvalue weighted by Gasteiger charge is 2.28. The number of amides is 2. The number of carbonyl (C=O) groups excluding carboxylic acids is 2. The highest BCUT2D eigenvalue weighted by Crippen LogP contribution is 2.29. The minimum absolute atomic E-state index is 0.0654. The van der Waals surface area contributed by atoms with Gasteiger partial charge in [0.25, 0.3) is 0 Å². The molecule has 0 fully saturated rings. The molecule has 0 saturated carbocycles. The van der Waals surface area contributed by atoms with Crippen LogP contribution in [0.15, 0.2) is 22.7 Å². The first kappa shape index (κ1) is 38.9. The summed E-state index contributed by atoms with van der Waals surface area (Å²) in [4.78, 5) is 27.3. The minimum atomic E-state index is -2.35. The molecule has 0 radical (unpaired) electrons. The number of allylic oxidation sites excluding steroid dienone is 1. The van der Waals surface area contributed by atoms with Gasteiger partial charge in [0.05, 0.1) is 65.0 Å². The highest BCUT2D eigenvalue weighted by molar-refractivity contribution is 6.30. The van der Waals surface area contributed by atoms with Crippen LogP contribution in [0.5, 0.6) is 5.75 Å². The molecule has 0 spiro atoms. The lowest BCUT2D eigenvalue weighted by molar-refractivity contribution is -0.136. The summed E-state index contributed by atoms with van der Waals surface area (Å²) in [6, 6.07) is 2.05. The lowest BCUT2D eigenvalue weighted by Gasteiger charge is -2.09. The molecule has 17 heteroatoms. The largest absolute Gasteiger partial charge is 0.420 e. The maximum Gasteiger partial charge on any atom is 0.326 e. The number of hydrogen-bond donors (Lipinski definition) is 3. The molecule has 2 amide bonds. The van der Waals surface area contributed by atoms with Gasteiger partial charge >= 0.3 is 12.0 Å². The van der Waals surface area contributed by atoms with Crippen LogP contribution < -0.4 is 21.2 Å². The Morgan fingerprint density at radius 3 is 1.89 bits per heavy atom. The molecule has 1 aromatic carbocycles. The van der Waals surface area contributed by atoms with E-state index in [0.717, 1.165) is 12.8 Å². The number of unbranched alkanes of at least 4 members (excludes halogenated alkanes) is 1. The van der Waals surface area contributed by atoms with Gasteiger partial charge in [0.15, 0.2) is 0 Å².